The summed E-state index contributed by atoms with van der Waals surface area (Å²) in [7, 11) is 0. The molecule has 0 aromatic heterocycles. The van der Waals surface area contributed by atoms with E-state index in [1.807, 2.05) is 6.92 Å². The second-order valence-corrected chi connectivity index (χ2v) is 6.92. The van der Waals surface area contributed by atoms with E-state index in [0.717, 1.165) is 6.42 Å². The summed E-state index contributed by atoms with van der Waals surface area (Å²) < 4.78 is 0. The minimum Gasteiger partial charge on any atom is -0.478 e. The lowest BCUT2D eigenvalue weighted by atomic mass is 9.84. The second kappa shape index (κ2) is 6.74. The molecule has 0 saturated carbocycles. The summed E-state index contributed by atoms with van der Waals surface area (Å²) in [6.45, 7) is 10.2. The fourth-order valence-electron chi connectivity index (χ4n) is 2.69. The van der Waals surface area contributed by atoms with Crippen LogP contribution in [0.3, 0.4) is 0 Å². The van der Waals surface area contributed by atoms with Crippen molar-refractivity contribution in [2.75, 3.05) is 5.32 Å². The van der Waals surface area contributed by atoms with Gasteiger partial charge in [-0.05, 0) is 36.3 Å². The number of amides is 1. The molecule has 0 aliphatic heterocycles. The standard InChI is InChI=1S/C17H25NO3/c1-11(10-17(3,4)5)9-14(19)18-13-8-6-7-12(2)15(13)16(20)21/h6-8,11H,9-10H2,1-5H3,(H,18,19)(H,20,21). The molecule has 0 aliphatic rings. The van der Waals surface area contributed by atoms with Crippen LogP contribution < -0.4 is 5.32 Å². The molecule has 0 radical (unpaired) electrons. The minimum atomic E-state index is -1.02. The number of benzene rings is 1. The Bertz CT molecular complexity index is 529. The Hall–Kier alpha value is -1.84. The van der Waals surface area contributed by atoms with E-state index in [0.29, 0.717) is 17.7 Å². The predicted molar refractivity (Wildman–Crippen MR) is 84.6 cm³/mol. The van der Waals surface area contributed by atoms with Gasteiger partial charge in [-0.2, -0.15) is 0 Å². The Balaban J connectivity index is 2.76. The number of rotatable bonds is 5. The SMILES string of the molecule is Cc1cccc(NC(=O)CC(C)CC(C)(C)C)c1C(=O)O. The summed E-state index contributed by atoms with van der Waals surface area (Å²) >= 11 is 0. The number of nitrogens with one attached hydrogen (secondary N) is 1. The lowest BCUT2D eigenvalue weighted by Gasteiger charge is -2.23. The summed E-state index contributed by atoms with van der Waals surface area (Å²) in [6, 6.07) is 5.10. The van der Waals surface area contributed by atoms with E-state index in [1.54, 1.807) is 25.1 Å². The van der Waals surface area contributed by atoms with Crippen LogP contribution in [-0.4, -0.2) is 17.0 Å². The molecule has 1 atom stereocenters. The van der Waals surface area contributed by atoms with Crippen LogP contribution in [0.1, 0.15) is 56.5 Å². The van der Waals surface area contributed by atoms with Crippen molar-refractivity contribution in [2.45, 2.75) is 47.5 Å². The third-order valence-corrected chi connectivity index (χ3v) is 3.26. The monoisotopic (exact) mass is 291 g/mol. The average molecular weight is 291 g/mol. The van der Waals surface area contributed by atoms with Gasteiger partial charge in [0.1, 0.15) is 0 Å². The van der Waals surface area contributed by atoms with Crippen LogP contribution >= 0.6 is 0 Å². The summed E-state index contributed by atoms with van der Waals surface area (Å²) in [5.41, 5.74) is 1.35. The topological polar surface area (TPSA) is 66.4 Å². The summed E-state index contributed by atoms with van der Waals surface area (Å²) in [4.78, 5) is 23.4. The molecule has 0 fully saturated rings. The van der Waals surface area contributed by atoms with E-state index < -0.39 is 5.97 Å². The van der Waals surface area contributed by atoms with Gasteiger partial charge in [0.05, 0.1) is 11.3 Å². The number of carbonyl (C=O) groups excluding carboxylic acids is 1. The molecular formula is C17H25NO3. The van der Waals surface area contributed by atoms with Crippen LogP contribution in [0, 0.1) is 18.3 Å². The molecule has 1 amide bonds. The number of hydrogen-bond acceptors (Lipinski definition) is 2. The van der Waals surface area contributed by atoms with Gasteiger partial charge in [-0.25, -0.2) is 4.79 Å². The first-order valence-corrected chi connectivity index (χ1v) is 7.23. The molecule has 21 heavy (non-hydrogen) atoms. The third-order valence-electron chi connectivity index (χ3n) is 3.26. The van der Waals surface area contributed by atoms with Crippen molar-refractivity contribution in [2.24, 2.45) is 11.3 Å². The fourth-order valence-corrected chi connectivity index (χ4v) is 2.69. The van der Waals surface area contributed by atoms with Crippen molar-refractivity contribution in [3.8, 4) is 0 Å². The third kappa shape index (κ3) is 5.58. The average Bonchev–Trinajstić information content (AvgIpc) is 2.24. The lowest BCUT2D eigenvalue weighted by molar-refractivity contribution is -0.117. The van der Waals surface area contributed by atoms with Gasteiger partial charge in [-0.15, -0.1) is 0 Å². The molecule has 2 N–H and O–H groups in total. The fraction of sp³-hybridized carbons (Fsp3) is 0.529. The van der Waals surface area contributed by atoms with Gasteiger partial charge in [0.25, 0.3) is 0 Å². The molecule has 0 spiro atoms. The van der Waals surface area contributed by atoms with E-state index in [4.69, 9.17) is 0 Å². The zero-order chi connectivity index (χ0) is 16.2. The molecule has 0 aliphatic carbocycles. The van der Waals surface area contributed by atoms with E-state index >= 15 is 0 Å². The Labute approximate surface area is 126 Å². The highest BCUT2D eigenvalue weighted by Gasteiger charge is 2.19. The molecule has 1 aromatic rings. The lowest BCUT2D eigenvalue weighted by Crippen LogP contribution is -2.20. The van der Waals surface area contributed by atoms with Crippen molar-refractivity contribution in [3.63, 3.8) is 0 Å². The van der Waals surface area contributed by atoms with Gasteiger partial charge < -0.3 is 10.4 Å². The highest BCUT2D eigenvalue weighted by atomic mass is 16.4. The predicted octanol–water partition coefficient (Wildman–Crippen LogP) is 4.09. The Morgan fingerprint density at radius 2 is 1.90 bits per heavy atom. The van der Waals surface area contributed by atoms with Crippen LogP contribution in [0.15, 0.2) is 18.2 Å². The van der Waals surface area contributed by atoms with Crippen molar-refractivity contribution in [3.05, 3.63) is 29.3 Å². The smallest absolute Gasteiger partial charge is 0.338 e. The van der Waals surface area contributed by atoms with Crippen molar-refractivity contribution in [1.82, 2.24) is 0 Å². The van der Waals surface area contributed by atoms with E-state index in [1.165, 1.54) is 0 Å². The zero-order valence-corrected chi connectivity index (χ0v) is 13.5. The zero-order valence-electron chi connectivity index (χ0n) is 13.5. The van der Waals surface area contributed by atoms with E-state index in [-0.39, 0.29) is 22.8 Å². The number of hydrogen-bond donors (Lipinski definition) is 2. The summed E-state index contributed by atoms with van der Waals surface area (Å²) in [5, 5.41) is 12.0. The molecule has 1 aromatic carbocycles. The number of carbonyl (C=O) groups is 2. The van der Waals surface area contributed by atoms with Gasteiger partial charge in [-0.3, -0.25) is 4.79 Å². The van der Waals surface area contributed by atoms with E-state index in [2.05, 4.69) is 26.1 Å². The van der Waals surface area contributed by atoms with Gasteiger partial charge in [0.2, 0.25) is 5.91 Å². The molecule has 1 unspecified atom stereocenters. The Kier molecular flexibility index (Phi) is 5.53. The molecule has 0 saturated heterocycles. The number of aryl methyl sites for hydroxylation is 1. The van der Waals surface area contributed by atoms with Crippen molar-refractivity contribution < 1.29 is 14.7 Å². The molecular weight excluding hydrogens is 266 g/mol. The number of aromatic carboxylic acids is 1. The number of anilines is 1. The maximum Gasteiger partial charge on any atom is 0.338 e. The van der Waals surface area contributed by atoms with Crippen molar-refractivity contribution in [1.29, 1.82) is 0 Å². The number of carboxylic acids is 1. The highest BCUT2D eigenvalue weighted by molar-refractivity contribution is 6.01. The van der Waals surface area contributed by atoms with Gasteiger partial charge in [0.15, 0.2) is 0 Å². The van der Waals surface area contributed by atoms with Crippen LogP contribution in [0.25, 0.3) is 0 Å². The molecule has 0 heterocycles. The first kappa shape index (κ1) is 17.2. The summed E-state index contributed by atoms with van der Waals surface area (Å²) in [5.74, 6) is -0.908. The Morgan fingerprint density at radius 1 is 1.29 bits per heavy atom. The van der Waals surface area contributed by atoms with Gasteiger partial charge in [-0.1, -0.05) is 39.8 Å². The van der Waals surface area contributed by atoms with E-state index in [9.17, 15) is 14.7 Å². The quantitative estimate of drug-likeness (QED) is 0.858. The van der Waals surface area contributed by atoms with Crippen LogP contribution in [0.5, 0.6) is 0 Å². The first-order chi connectivity index (χ1) is 9.60. The largest absolute Gasteiger partial charge is 0.478 e. The first-order valence-electron chi connectivity index (χ1n) is 7.23. The van der Waals surface area contributed by atoms with Gasteiger partial charge in [0, 0.05) is 6.42 Å². The summed E-state index contributed by atoms with van der Waals surface area (Å²) in [6.07, 6.45) is 1.34. The minimum absolute atomic E-state index is 0.139. The van der Waals surface area contributed by atoms with Gasteiger partial charge >= 0.3 is 5.97 Å². The molecule has 0 bridgehead atoms. The number of carboxylic acid groups (broad SMARTS) is 1. The molecule has 116 valence electrons. The van der Waals surface area contributed by atoms with Crippen LogP contribution in [-0.2, 0) is 4.79 Å². The van der Waals surface area contributed by atoms with Crippen LogP contribution in [0.2, 0.25) is 0 Å². The van der Waals surface area contributed by atoms with Crippen molar-refractivity contribution >= 4 is 17.6 Å². The maximum absolute atomic E-state index is 12.1. The second-order valence-electron chi connectivity index (χ2n) is 6.92. The maximum atomic E-state index is 12.1. The molecule has 1 rings (SSSR count). The highest BCUT2D eigenvalue weighted by Crippen LogP contribution is 2.26. The van der Waals surface area contributed by atoms with Crippen LogP contribution in [0.4, 0.5) is 5.69 Å². The Morgan fingerprint density at radius 3 is 2.43 bits per heavy atom. The molecule has 4 nitrogen and oxygen atoms in total. The normalized spacial score (nSPS) is 12.8. The molecule has 4 heteroatoms.